The van der Waals surface area contributed by atoms with Gasteiger partial charge >= 0.3 is 11.9 Å². The smallest absolute Gasteiger partial charge is 0.307 e. The zero-order valence-corrected chi connectivity index (χ0v) is 27.0. The van der Waals surface area contributed by atoms with Crippen LogP contribution in [-0.4, -0.2) is 63.4 Å². The molecule has 0 bridgehead atoms. The summed E-state index contributed by atoms with van der Waals surface area (Å²) in [6.07, 6.45) is 27.0. The van der Waals surface area contributed by atoms with Crippen LogP contribution in [0.5, 0.6) is 0 Å². The maximum atomic E-state index is 12.2. The molecule has 0 spiro atoms. The van der Waals surface area contributed by atoms with Crippen molar-refractivity contribution in [3.05, 3.63) is 0 Å². The first-order valence-corrected chi connectivity index (χ1v) is 17.2. The zero-order valence-electron chi connectivity index (χ0n) is 27.0. The Kier molecular flexibility index (Phi) is 31.5. The number of rotatable bonds is 32. The Hall–Kier alpha value is -1.14. The highest BCUT2D eigenvalue weighted by molar-refractivity contribution is 5.70. The van der Waals surface area contributed by atoms with E-state index in [0.717, 1.165) is 38.6 Å². The van der Waals surface area contributed by atoms with Crippen LogP contribution in [0.4, 0.5) is 0 Å². The van der Waals surface area contributed by atoms with Gasteiger partial charge in [-0.15, -0.1) is 0 Å². The largest absolute Gasteiger partial charge is 0.466 e. The summed E-state index contributed by atoms with van der Waals surface area (Å²) >= 11 is 0. The Bertz CT molecular complexity index is 500. The highest BCUT2D eigenvalue weighted by Gasteiger charge is 2.12. The van der Waals surface area contributed by atoms with Crippen LogP contribution in [0, 0.1) is 0 Å². The monoisotopic (exact) mass is 570 g/mol. The quantitative estimate of drug-likeness (QED) is 0.0595. The van der Waals surface area contributed by atoms with Crippen LogP contribution in [0.1, 0.15) is 162 Å². The van der Waals surface area contributed by atoms with Crippen LogP contribution in [0.25, 0.3) is 0 Å². The first-order valence-electron chi connectivity index (χ1n) is 17.2. The van der Waals surface area contributed by atoms with E-state index in [1.807, 2.05) is 0 Å². The van der Waals surface area contributed by atoms with Crippen molar-refractivity contribution in [2.75, 3.05) is 46.6 Å². The number of carbonyl (C=O) groups excluding carboxylic acids is 2. The average molecular weight is 570 g/mol. The summed E-state index contributed by atoms with van der Waals surface area (Å²) in [6.45, 7) is 8.22. The molecule has 0 N–H and O–H groups in total. The molecule has 0 rings (SSSR count). The molecule has 40 heavy (non-hydrogen) atoms. The number of nitrogens with zero attached hydrogens (tertiary/aromatic N) is 1. The summed E-state index contributed by atoms with van der Waals surface area (Å²) in [6, 6.07) is 0. The molecular formula is C34H67NO5. The van der Waals surface area contributed by atoms with Gasteiger partial charge in [0.25, 0.3) is 0 Å². The van der Waals surface area contributed by atoms with E-state index in [1.54, 1.807) is 7.11 Å². The second-order valence-electron chi connectivity index (χ2n) is 11.5. The lowest BCUT2D eigenvalue weighted by Gasteiger charge is -2.21. The Balaban J connectivity index is 3.85. The van der Waals surface area contributed by atoms with Gasteiger partial charge in [-0.3, -0.25) is 9.59 Å². The van der Waals surface area contributed by atoms with Crippen molar-refractivity contribution in [3.8, 4) is 0 Å². The SMILES string of the molecule is CCCCCCCCCCCCOC(=O)CCN(CCCOC)CCC(=O)OCCCCCCCCCCCC. The van der Waals surface area contributed by atoms with Crippen molar-refractivity contribution < 1.29 is 23.8 Å². The summed E-state index contributed by atoms with van der Waals surface area (Å²) < 4.78 is 16.1. The average Bonchev–Trinajstić information content (AvgIpc) is 2.95. The van der Waals surface area contributed by atoms with E-state index in [1.165, 1.54) is 103 Å². The van der Waals surface area contributed by atoms with Gasteiger partial charge in [0.05, 0.1) is 26.1 Å². The van der Waals surface area contributed by atoms with E-state index in [-0.39, 0.29) is 11.9 Å². The molecule has 0 atom stereocenters. The van der Waals surface area contributed by atoms with Gasteiger partial charge in [-0.25, -0.2) is 0 Å². The lowest BCUT2D eigenvalue weighted by atomic mass is 10.1. The number of carbonyl (C=O) groups is 2. The Morgan fingerprint density at radius 1 is 0.450 bits per heavy atom. The van der Waals surface area contributed by atoms with Gasteiger partial charge in [-0.2, -0.15) is 0 Å². The topological polar surface area (TPSA) is 65.1 Å². The lowest BCUT2D eigenvalue weighted by molar-refractivity contribution is -0.144. The zero-order chi connectivity index (χ0) is 29.4. The number of hydrogen-bond acceptors (Lipinski definition) is 6. The third-order valence-electron chi connectivity index (χ3n) is 7.61. The maximum absolute atomic E-state index is 12.2. The normalized spacial score (nSPS) is 11.3. The van der Waals surface area contributed by atoms with E-state index in [0.29, 0.717) is 45.8 Å². The van der Waals surface area contributed by atoms with Crippen LogP contribution >= 0.6 is 0 Å². The Labute approximate surface area is 248 Å². The predicted molar refractivity (Wildman–Crippen MR) is 168 cm³/mol. The number of esters is 2. The minimum Gasteiger partial charge on any atom is -0.466 e. The molecule has 6 nitrogen and oxygen atoms in total. The van der Waals surface area contributed by atoms with Gasteiger partial charge in [0, 0.05) is 33.4 Å². The van der Waals surface area contributed by atoms with E-state index in [9.17, 15) is 9.59 Å². The molecule has 238 valence electrons. The van der Waals surface area contributed by atoms with Crippen molar-refractivity contribution >= 4 is 11.9 Å². The van der Waals surface area contributed by atoms with Gasteiger partial charge in [-0.05, 0) is 19.3 Å². The maximum Gasteiger partial charge on any atom is 0.307 e. The molecule has 0 aliphatic carbocycles. The fraction of sp³-hybridized carbons (Fsp3) is 0.941. The molecule has 0 aliphatic heterocycles. The van der Waals surface area contributed by atoms with Crippen molar-refractivity contribution in [2.45, 2.75) is 162 Å². The summed E-state index contributed by atoms with van der Waals surface area (Å²) in [5.41, 5.74) is 0. The van der Waals surface area contributed by atoms with Crippen LogP contribution in [0.2, 0.25) is 0 Å². The molecule has 0 unspecified atom stereocenters. The molecule has 0 aromatic carbocycles. The molecule has 0 saturated heterocycles. The first kappa shape index (κ1) is 38.9. The second kappa shape index (κ2) is 32.4. The molecule has 0 heterocycles. The van der Waals surface area contributed by atoms with Crippen LogP contribution < -0.4 is 0 Å². The summed E-state index contributed by atoms with van der Waals surface area (Å²) in [5.74, 6) is -0.285. The summed E-state index contributed by atoms with van der Waals surface area (Å²) in [5, 5.41) is 0. The molecule has 0 amide bonds. The second-order valence-corrected chi connectivity index (χ2v) is 11.5. The molecule has 0 aromatic rings. The first-order chi connectivity index (χ1) is 19.6. The van der Waals surface area contributed by atoms with Crippen LogP contribution in [0.3, 0.4) is 0 Å². The van der Waals surface area contributed by atoms with Crippen LogP contribution in [0.15, 0.2) is 0 Å². The lowest BCUT2D eigenvalue weighted by Crippen LogP contribution is -2.31. The summed E-state index contributed by atoms with van der Waals surface area (Å²) in [7, 11) is 1.69. The fourth-order valence-corrected chi connectivity index (χ4v) is 4.96. The third-order valence-corrected chi connectivity index (χ3v) is 7.61. The van der Waals surface area contributed by atoms with Crippen molar-refractivity contribution in [3.63, 3.8) is 0 Å². The number of hydrogen-bond donors (Lipinski definition) is 0. The molecule has 0 saturated carbocycles. The van der Waals surface area contributed by atoms with E-state index in [2.05, 4.69) is 18.7 Å². The van der Waals surface area contributed by atoms with Gasteiger partial charge in [0.2, 0.25) is 0 Å². The van der Waals surface area contributed by atoms with Gasteiger partial charge in [0.1, 0.15) is 0 Å². The fourth-order valence-electron chi connectivity index (χ4n) is 4.96. The predicted octanol–water partition coefficient (Wildman–Crippen LogP) is 9.03. The van der Waals surface area contributed by atoms with Gasteiger partial charge in [-0.1, -0.05) is 129 Å². The molecule has 0 aliphatic rings. The van der Waals surface area contributed by atoms with Gasteiger partial charge < -0.3 is 19.1 Å². The van der Waals surface area contributed by atoms with E-state index >= 15 is 0 Å². The molecule has 0 fully saturated rings. The Morgan fingerprint density at radius 3 is 1.15 bits per heavy atom. The highest BCUT2D eigenvalue weighted by Crippen LogP contribution is 2.12. The molecule has 0 radical (unpaired) electrons. The van der Waals surface area contributed by atoms with Crippen LogP contribution in [-0.2, 0) is 23.8 Å². The summed E-state index contributed by atoms with van der Waals surface area (Å²) in [4.78, 5) is 26.6. The Morgan fingerprint density at radius 2 is 0.800 bits per heavy atom. The molecular weight excluding hydrogens is 502 g/mol. The number of methoxy groups -OCH3 is 1. The van der Waals surface area contributed by atoms with Crippen molar-refractivity contribution in [1.82, 2.24) is 4.90 Å². The minimum atomic E-state index is -0.142. The van der Waals surface area contributed by atoms with E-state index in [4.69, 9.17) is 14.2 Å². The standard InChI is InChI=1S/C34H67NO5/c1-4-6-8-10-12-14-16-18-20-22-31-39-33(36)25-28-35(27-24-30-38-3)29-26-34(37)40-32-23-21-19-17-15-13-11-9-7-5-2/h4-32H2,1-3H3. The number of unbranched alkanes of at least 4 members (excludes halogenated alkanes) is 18. The van der Waals surface area contributed by atoms with E-state index < -0.39 is 0 Å². The molecule has 0 aromatic heterocycles. The molecule has 6 heteroatoms. The third kappa shape index (κ3) is 29.8. The number of ether oxygens (including phenoxy) is 3. The highest BCUT2D eigenvalue weighted by atomic mass is 16.5. The van der Waals surface area contributed by atoms with Gasteiger partial charge in [0.15, 0.2) is 0 Å². The van der Waals surface area contributed by atoms with Crippen molar-refractivity contribution in [1.29, 1.82) is 0 Å². The van der Waals surface area contributed by atoms with Crippen molar-refractivity contribution in [2.24, 2.45) is 0 Å². The minimum absolute atomic E-state index is 0.142.